The van der Waals surface area contributed by atoms with Crippen LogP contribution in [0.3, 0.4) is 0 Å². The van der Waals surface area contributed by atoms with Crippen LogP contribution in [0.1, 0.15) is 11.3 Å². The second-order valence-corrected chi connectivity index (χ2v) is 7.66. The van der Waals surface area contributed by atoms with Crippen LogP contribution in [0.5, 0.6) is 0 Å². The molecule has 0 fully saturated rings. The second-order valence-electron chi connectivity index (χ2n) is 7.66. The van der Waals surface area contributed by atoms with Gasteiger partial charge in [0.1, 0.15) is 0 Å². The molecule has 4 heterocycles. The Labute approximate surface area is 184 Å². The van der Waals surface area contributed by atoms with Crippen LogP contribution in [-0.4, -0.2) is 24.1 Å². The van der Waals surface area contributed by atoms with Crippen molar-refractivity contribution in [2.45, 2.75) is 6.92 Å². The molecule has 0 aliphatic heterocycles. The Balaban J connectivity index is 1.88. The van der Waals surface area contributed by atoms with E-state index in [0.717, 1.165) is 55.6 Å². The fourth-order valence-corrected chi connectivity index (χ4v) is 4.67. The van der Waals surface area contributed by atoms with Crippen LogP contribution in [0.15, 0.2) is 85.6 Å². The molecule has 0 atom stereocenters. The normalized spacial score (nSPS) is 11.9. The lowest BCUT2D eigenvalue weighted by molar-refractivity contribution is 1.04. The molecule has 0 radical (unpaired) electrons. The van der Waals surface area contributed by atoms with Gasteiger partial charge in [0.25, 0.3) is 0 Å². The first-order valence-electron chi connectivity index (χ1n) is 10.4. The molecule has 6 heteroatoms. The summed E-state index contributed by atoms with van der Waals surface area (Å²) in [6, 6.07) is 18.6. The lowest BCUT2D eigenvalue weighted by Gasteiger charge is -2.09. The molecule has 154 valence electrons. The van der Waals surface area contributed by atoms with Gasteiger partial charge < -0.3 is 10.3 Å². The highest BCUT2D eigenvalue weighted by Gasteiger charge is 2.22. The summed E-state index contributed by atoms with van der Waals surface area (Å²) < 4.78 is 4.38. The smallest absolute Gasteiger partial charge is 0.156 e. The zero-order chi connectivity index (χ0) is 21.7. The number of pyridine rings is 1. The molecule has 32 heavy (non-hydrogen) atoms. The average molecular weight is 416 g/mol. The fourth-order valence-electron chi connectivity index (χ4n) is 4.67. The maximum absolute atomic E-state index is 5.90. The number of benzene rings is 2. The number of nitrogens with zero attached hydrogens (tertiary/aromatic N) is 5. The molecule has 0 amide bonds. The highest BCUT2D eigenvalue weighted by atomic mass is 15.1. The zero-order valence-corrected chi connectivity index (χ0v) is 17.5. The first-order valence-corrected chi connectivity index (χ1v) is 10.4. The van der Waals surface area contributed by atoms with E-state index >= 15 is 0 Å². The molecule has 4 aromatic heterocycles. The maximum atomic E-state index is 5.90. The zero-order valence-electron chi connectivity index (χ0n) is 17.5. The van der Waals surface area contributed by atoms with Gasteiger partial charge in [-0.2, -0.15) is 0 Å². The largest absolute Gasteiger partial charge is 0.405 e. The minimum absolute atomic E-state index is 0.751. The molecule has 0 aliphatic carbocycles. The van der Waals surface area contributed by atoms with E-state index in [1.54, 1.807) is 24.8 Å². The number of nitrogens with two attached hydrogens (primary N) is 1. The fraction of sp³-hybridized carbons (Fsp3) is 0.0385. The van der Waals surface area contributed by atoms with Gasteiger partial charge in [-0.15, -0.1) is 0 Å². The van der Waals surface area contributed by atoms with Crippen molar-refractivity contribution in [3.8, 4) is 11.5 Å². The minimum atomic E-state index is 0.751. The molecule has 0 bridgehead atoms. The summed E-state index contributed by atoms with van der Waals surface area (Å²) in [6.45, 7) is 2.11. The minimum Gasteiger partial charge on any atom is -0.405 e. The van der Waals surface area contributed by atoms with Crippen molar-refractivity contribution in [2.24, 2.45) is 5.73 Å². The van der Waals surface area contributed by atoms with E-state index in [2.05, 4.69) is 50.3 Å². The quantitative estimate of drug-likeness (QED) is 0.433. The van der Waals surface area contributed by atoms with E-state index in [9.17, 15) is 0 Å². The molecular formula is C26H20N6. The Hall–Kier alpha value is -4.45. The predicted octanol–water partition coefficient (Wildman–Crippen LogP) is 5.15. The predicted molar refractivity (Wildman–Crippen MR) is 129 cm³/mol. The van der Waals surface area contributed by atoms with Gasteiger partial charge in [0.05, 0.1) is 34.5 Å². The van der Waals surface area contributed by atoms with E-state index in [1.165, 1.54) is 0 Å². The maximum Gasteiger partial charge on any atom is 0.156 e. The van der Waals surface area contributed by atoms with Crippen LogP contribution >= 0.6 is 0 Å². The van der Waals surface area contributed by atoms with Crippen LogP contribution in [-0.2, 0) is 0 Å². The Morgan fingerprint density at radius 1 is 0.844 bits per heavy atom. The second kappa shape index (κ2) is 7.06. The number of hydrogen-bond acceptors (Lipinski definition) is 4. The van der Waals surface area contributed by atoms with Gasteiger partial charge in [0.2, 0.25) is 0 Å². The van der Waals surface area contributed by atoms with E-state index in [1.807, 2.05) is 42.6 Å². The van der Waals surface area contributed by atoms with Gasteiger partial charge in [-0.25, -0.2) is 4.98 Å². The molecule has 0 aliphatic rings. The molecule has 2 aromatic carbocycles. The number of hydrogen-bond donors (Lipinski definition) is 1. The van der Waals surface area contributed by atoms with Gasteiger partial charge in [-0.05, 0) is 37.4 Å². The molecule has 0 unspecified atom stereocenters. The lowest BCUT2D eigenvalue weighted by atomic mass is 10.1. The van der Waals surface area contributed by atoms with E-state index < -0.39 is 0 Å². The number of rotatable bonds is 3. The molecule has 0 spiro atoms. The summed E-state index contributed by atoms with van der Waals surface area (Å²) in [5.74, 6) is 0.751. The van der Waals surface area contributed by atoms with Crippen LogP contribution in [0.4, 0.5) is 0 Å². The third-order valence-electron chi connectivity index (χ3n) is 5.95. The molecule has 0 saturated heterocycles. The van der Waals surface area contributed by atoms with Gasteiger partial charge in [-0.3, -0.25) is 14.5 Å². The van der Waals surface area contributed by atoms with Crippen LogP contribution in [0.25, 0.3) is 50.4 Å². The number of para-hydroxylation sites is 2. The Kier molecular flexibility index (Phi) is 4.04. The standard InChI is InChI=1S/C26H20N6/c1-17-19(11-12-27)24-22(31(17)18-7-3-2-4-8-18)15-30-25-20-9-5-6-10-21(20)32(26(24)25)23-16-28-13-14-29-23/h2-16H,27H2,1H3/b12-11-. The summed E-state index contributed by atoms with van der Waals surface area (Å²) >= 11 is 0. The van der Waals surface area contributed by atoms with Gasteiger partial charge >= 0.3 is 0 Å². The van der Waals surface area contributed by atoms with Crippen molar-refractivity contribution in [1.29, 1.82) is 0 Å². The third-order valence-corrected chi connectivity index (χ3v) is 5.95. The van der Waals surface area contributed by atoms with Crippen molar-refractivity contribution < 1.29 is 0 Å². The SMILES string of the molecule is Cc1c(/C=C\N)c2c(cnc3c4ccccc4n(-c4cnccn4)c32)n1-c1ccccc1. The number of aromatic nitrogens is 5. The van der Waals surface area contributed by atoms with Crippen LogP contribution in [0, 0.1) is 6.92 Å². The van der Waals surface area contributed by atoms with E-state index in [-0.39, 0.29) is 0 Å². The van der Waals surface area contributed by atoms with Crippen molar-refractivity contribution in [2.75, 3.05) is 0 Å². The Bertz CT molecular complexity index is 1630. The van der Waals surface area contributed by atoms with Crippen molar-refractivity contribution in [1.82, 2.24) is 24.1 Å². The summed E-state index contributed by atoms with van der Waals surface area (Å²) in [4.78, 5) is 13.9. The van der Waals surface area contributed by atoms with Crippen molar-refractivity contribution in [3.05, 3.63) is 96.8 Å². The molecule has 6 nitrogen and oxygen atoms in total. The third kappa shape index (κ3) is 2.50. The first-order chi connectivity index (χ1) is 15.8. The summed E-state index contributed by atoms with van der Waals surface area (Å²) in [7, 11) is 0. The molecule has 0 saturated carbocycles. The number of fused-ring (bicyclic) bond motifs is 5. The van der Waals surface area contributed by atoms with E-state index in [0.29, 0.717) is 0 Å². The van der Waals surface area contributed by atoms with Gasteiger partial charge in [0.15, 0.2) is 5.82 Å². The van der Waals surface area contributed by atoms with E-state index in [4.69, 9.17) is 10.7 Å². The highest BCUT2D eigenvalue weighted by molar-refractivity contribution is 6.18. The summed E-state index contributed by atoms with van der Waals surface area (Å²) in [5, 5.41) is 2.16. The summed E-state index contributed by atoms with van der Waals surface area (Å²) in [6.07, 6.45) is 10.7. The molecule has 6 aromatic rings. The van der Waals surface area contributed by atoms with Crippen molar-refractivity contribution >= 4 is 38.9 Å². The topological polar surface area (TPSA) is 74.6 Å². The Morgan fingerprint density at radius 2 is 1.66 bits per heavy atom. The molecule has 6 rings (SSSR count). The van der Waals surface area contributed by atoms with Gasteiger partial charge in [-0.1, -0.05) is 36.4 Å². The monoisotopic (exact) mass is 416 g/mol. The van der Waals surface area contributed by atoms with Crippen LogP contribution < -0.4 is 5.73 Å². The lowest BCUT2D eigenvalue weighted by Crippen LogP contribution is -1.99. The van der Waals surface area contributed by atoms with Gasteiger partial charge in [0, 0.05) is 40.1 Å². The summed E-state index contributed by atoms with van der Waals surface area (Å²) in [5.41, 5.74) is 13.1. The molecular weight excluding hydrogens is 396 g/mol. The highest BCUT2D eigenvalue weighted by Crippen LogP contribution is 2.39. The van der Waals surface area contributed by atoms with Crippen LogP contribution in [0.2, 0.25) is 0 Å². The first kappa shape index (κ1) is 18.3. The van der Waals surface area contributed by atoms with Crippen molar-refractivity contribution in [3.63, 3.8) is 0 Å². The average Bonchev–Trinajstić information content (AvgIpc) is 3.32. The molecule has 2 N–H and O–H groups in total. The Morgan fingerprint density at radius 3 is 2.44 bits per heavy atom.